The number of carbonyl (C=O) groups excluding carboxylic acids is 2. The van der Waals surface area contributed by atoms with Crippen LogP contribution in [0.15, 0.2) is 4.99 Å². The highest BCUT2D eigenvalue weighted by molar-refractivity contribution is 8.13. The van der Waals surface area contributed by atoms with Crippen LogP contribution in [0.1, 0.15) is 20.8 Å². The first-order chi connectivity index (χ1) is 6.74. The van der Waals surface area contributed by atoms with Crippen molar-refractivity contribution in [1.29, 1.82) is 0 Å². The largest absolute Gasteiger partial charge is 0.442 e. The number of ether oxygens (including phenoxy) is 1. The van der Waals surface area contributed by atoms with Crippen LogP contribution in [0.2, 0.25) is 0 Å². The molecule has 1 N–H and O–H groups in total. The van der Waals surface area contributed by atoms with Gasteiger partial charge in [0.2, 0.25) is 7.85 Å². The zero-order chi connectivity index (χ0) is 12.1. The average Bonchev–Trinajstić information content (AvgIpc) is 1.98. The van der Waals surface area contributed by atoms with Gasteiger partial charge in [0.1, 0.15) is 5.60 Å². The van der Waals surface area contributed by atoms with Crippen molar-refractivity contribution in [3.8, 4) is 0 Å². The van der Waals surface area contributed by atoms with E-state index in [1.165, 1.54) is 0 Å². The molecule has 0 fully saturated rings. The van der Waals surface area contributed by atoms with Crippen LogP contribution in [0.25, 0.3) is 0 Å². The second-order valence-corrected chi connectivity index (χ2v) is 4.39. The topological polar surface area (TPSA) is 67.8 Å². The highest BCUT2D eigenvalue weighted by Gasteiger charge is 2.16. The fourth-order valence-electron chi connectivity index (χ4n) is 0.598. The molecule has 0 aliphatic heterocycles. The first-order valence-corrected chi connectivity index (χ1v) is 5.39. The summed E-state index contributed by atoms with van der Waals surface area (Å²) in [4.78, 5) is 25.2. The molecule has 0 aromatic carbocycles. The minimum Gasteiger partial charge on any atom is -0.442 e. The van der Waals surface area contributed by atoms with Crippen LogP contribution in [-0.2, 0) is 4.74 Å². The number of rotatable bonds is 0. The summed E-state index contributed by atoms with van der Waals surface area (Å²) in [7, 11) is 4.88. The van der Waals surface area contributed by atoms with E-state index in [0.717, 1.165) is 11.8 Å². The van der Waals surface area contributed by atoms with Gasteiger partial charge in [0.25, 0.3) is 0 Å². The first kappa shape index (κ1) is 14.0. The molecule has 15 heavy (non-hydrogen) atoms. The molecule has 0 aliphatic carbocycles. The summed E-state index contributed by atoms with van der Waals surface area (Å²) in [5, 5.41) is 2.31. The van der Waals surface area contributed by atoms with Crippen molar-refractivity contribution in [2.24, 2.45) is 4.99 Å². The molecule has 2 amide bonds. The quantitative estimate of drug-likeness (QED) is 0.387. The molecular weight excluding hydrogens is 215 g/mol. The van der Waals surface area contributed by atoms with Crippen molar-refractivity contribution in [3.05, 3.63) is 0 Å². The molecule has 0 aromatic heterocycles. The Morgan fingerprint density at radius 2 is 1.93 bits per heavy atom. The van der Waals surface area contributed by atoms with E-state index in [1.807, 2.05) is 0 Å². The number of amidine groups is 1. The van der Waals surface area contributed by atoms with E-state index in [-0.39, 0.29) is 5.17 Å². The van der Waals surface area contributed by atoms with E-state index >= 15 is 0 Å². The SMILES string of the molecule is [B]C(=O)NC(=NC(=O)OC(C)(C)C)SC. The van der Waals surface area contributed by atoms with E-state index in [9.17, 15) is 9.59 Å². The third kappa shape index (κ3) is 8.05. The average molecular weight is 228 g/mol. The second-order valence-electron chi connectivity index (χ2n) is 3.59. The molecule has 0 rings (SSSR count). The maximum atomic E-state index is 11.2. The van der Waals surface area contributed by atoms with Crippen molar-refractivity contribution in [2.45, 2.75) is 26.4 Å². The molecule has 0 atom stereocenters. The van der Waals surface area contributed by atoms with Crippen LogP contribution >= 0.6 is 11.8 Å². The number of amides is 2. The molecule has 0 saturated heterocycles. The molecule has 0 bridgehead atoms. The van der Waals surface area contributed by atoms with E-state index in [2.05, 4.69) is 10.3 Å². The zero-order valence-corrected chi connectivity index (χ0v) is 9.97. The van der Waals surface area contributed by atoms with Crippen LogP contribution in [0.5, 0.6) is 0 Å². The van der Waals surface area contributed by atoms with Crippen LogP contribution in [0.3, 0.4) is 0 Å². The third-order valence-corrected chi connectivity index (χ3v) is 1.59. The Hall–Kier alpha value is -0.975. The smallest absolute Gasteiger partial charge is 0.436 e. The normalized spacial score (nSPS) is 12.1. The lowest BCUT2D eigenvalue weighted by atomic mass is 10.1. The molecule has 0 aromatic rings. The Balaban J connectivity index is 4.43. The van der Waals surface area contributed by atoms with Gasteiger partial charge in [-0.25, -0.2) is 4.79 Å². The maximum Gasteiger partial charge on any atom is 0.436 e. The van der Waals surface area contributed by atoms with Crippen molar-refractivity contribution in [3.63, 3.8) is 0 Å². The molecule has 0 aliphatic rings. The van der Waals surface area contributed by atoms with Crippen LogP contribution in [-0.4, -0.2) is 36.8 Å². The second kappa shape index (κ2) is 5.80. The van der Waals surface area contributed by atoms with Gasteiger partial charge in [-0.05, 0) is 27.0 Å². The predicted molar refractivity (Wildman–Crippen MR) is 61.5 cm³/mol. The number of nitrogens with zero attached hydrogens (tertiary/aromatic N) is 1. The van der Waals surface area contributed by atoms with E-state index in [0.29, 0.717) is 0 Å². The van der Waals surface area contributed by atoms with Crippen molar-refractivity contribution >= 4 is 36.7 Å². The highest BCUT2D eigenvalue weighted by atomic mass is 32.2. The van der Waals surface area contributed by atoms with Gasteiger partial charge in [-0.1, -0.05) is 11.8 Å². The minimum absolute atomic E-state index is 0.108. The molecule has 82 valence electrons. The summed E-state index contributed by atoms with van der Waals surface area (Å²) in [6.45, 7) is 5.17. The molecule has 7 heteroatoms. The van der Waals surface area contributed by atoms with Crippen LogP contribution < -0.4 is 5.32 Å². The fraction of sp³-hybridized carbons (Fsp3) is 0.625. The maximum absolute atomic E-state index is 11.2. The third-order valence-electron chi connectivity index (χ3n) is 1.01. The summed E-state index contributed by atoms with van der Waals surface area (Å²) < 4.78 is 4.92. The zero-order valence-electron chi connectivity index (χ0n) is 9.16. The lowest BCUT2D eigenvalue weighted by Gasteiger charge is -2.17. The van der Waals surface area contributed by atoms with Gasteiger partial charge >= 0.3 is 6.09 Å². The highest BCUT2D eigenvalue weighted by Crippen LogP contribution is 2.08. The molecule has 0 saturated carbocycles. The lowest BCUT2D eigenvalue weighted by molar-refractivity contribution is 0.0604. The summed E-state index contributed by atoms with van der Waals surface area (Å²) in [6.07, 6.45) is 0.889. The number of nitrogens with one attached hydrogen (secondary N) is 1. The van der Waals surface area contributed by atoms with Crippen molar-refractivity contribution < 1.29 is 14.3 Å². The Labute approximate surface area is 94.5 Å². The lowest BCUT2D eigenvalue weighted by Crippen LogP contribution is -2.29. The minimum atomic E-state index is -0.772. The number of hydrogen-bond donors (Lipinski definition) is 1. The monoisotopic (exact) mass is 228 g/mol. The summed E-state index contributed by atoms with van der Waals surface area (Å²) in [5.41, 5.74) is -0.614. The van der Waals surface area contributed by atoms with Crippen molar-refractivity contribution in [1.82, 2.24) is 5.32 Å². The van der Waals surface area contributed by atoms with Crippen LogP contribution in [0, 0.1) is 0 Å². The van der Waals surface area contributed by atoms with E-state index < -0.39 is 17.5 Å². The van der Waals surface area contributed by atoms with Crippen LogP contribution in [0.4, 0.5) is 9.59 Å². The van der Waals surface area contributed by atoms with Gasteiger partial charge < -0.3 is 10.1 Å². The van der Waals surface area contributed by atoms with Gasteiger partial charge in [-0.15, -0.1) is 0 Å². The van der Waals surface area contributed by atoms with Crippen molar-refractivity contribution in [2.75, 3.05) is 6.26 Å². The molecule has 0 heterocycles. The van der Waals surface area contributed by atoms with Gasteiger partial charge in [-0.2, -0.15) is 4.99 Å². The summed E-state index contributed by atoms with van der Waals surface area (Å²) in [5.74, 6) is -0.772. The Kier molecular flexibility index (Phi) is 5.42. The standard InChI is InChI=1S/C8H13BN2O3S/c1-8(2,3)14-7(13)11-6(15-4)10-5(9)12/h1-4H3,(H,10,11,12,13). The predicted octanol–water partition coefficient (Wildman–Crippen LogP) is 1.52. The molecule has 2 radical (unpaired) electrons. The number of carbonyl (C=O) groups is 2. The summed E-state index contributed by atoms with van der Waals surface area (Å²) in [6, 6.07) is 0. The van der Waals surface area contributed by atoms with Gasteiger partial charge in [0.15, 0.2) is 11.0 Å². The van der Waals surface area contributed by atoms with Gasteiger partial charge in [0.05, 0.1) is 0 Å². The number of hydrogen-bond acceptors (Lipinski definition) is 4. The number of thioether (sulfide) groups is 1. The van der Waals surface area contributed by atoms with E-state index in [4.69, 9.17) is 12.6 Å². The van der Waals surface area contributed by atoms with Gasteiger partial charge in [-0.3, -0.25) is 4.79 Å². The molecular formula is C8H13BN2O3S. The van der Waals surface area contributed by atoms with Gasteiger partial charge in [0, 0.05) is 0 Å². The Morgan fingerprint density at radius 1 is 1.40 bits per heavy atom. The number of aliphatic imine (C=N–C) groups is 1. The Bertz CT molecular complexity index is 286. The molecule has 0 spiro atoms. The molecule has 5 nitrogen and oxygen atoms in total. The fourth-order valence-corrected chi connectivity index (χ4v) is 0.966. The Morgan fingerprint density at radius 3 is 2.27 bits per heavy atom. The molecule has 0 unspecified atom stereocenters. The first-order valence-electron chi connectivity index (χ1n) is 4.16. The van der Waals surface area contributed by atoms with E-state index in [1.54, 1.807) is 27.0 Å². The summed E-state index contributed by atoms with van der Waals surface area (Å²) >= 11 is 1.09.